The number of carboxylic acids is 1. The SMILES string of the molecule is CCCC(C)(NC(=O)CCCOc1ccccc1C)C(=O)O. The molecule has 0 aliphatic heterocycles. The second-order valence-corrected chi connectivity index (χ2v) is 5.65. The Hall–Kier alpha value is -2.04. The maximum absolute atomic E-state index is 11.9. The minimum atomic E-state index is -1.19. The van der Waals surface area contributed by atoms with Crippen LogP contribution in [0.15, 0.2) is 24.3 Å². The van der Waals surface area contributed by atoms with Crippen LogP contribution in [-0.4, -0.2) is 29.1 Å². The van der Waals surface area contributed by atoms with E-state index in [2.05, 4.69) is 5.32 Å². The fourth-order valence-electron chi connectivity index (χ4n) is 2.23. The molecule has 0 aliphatic carbocycles. The Bertz CT molecular complexity index is 515. The van der Waals surface area contributed by atoms with Gasteiger partial charge < -0.3 is 15.2 Å². The van der Waals surface area contributed by atoms with E-state index in [0.717, 1.165) is 11.3 Å². The Kier molecular flexibility index (Phi) is 6.89. The number of benzene rings is 1. The summed E-state index contributed by atoms with van der Waals surface area (Å²) in [6, 6.07) is 7.69. The smallest absolute Gasteiger partial charge is 0.329 e. The zero-order chi connectivity index (χ0) is 16.6. The van der Waals surface area contributed by atoms with Crippen molar-refractivity contribution in [2.45, 2.75) is 52.0 Å². The Labute approximate surface area is 131 Å². The summed E-state index contributed by atoms with van der Waals surface area (Å²) in [5.41, 5.74) is -0.142. The molecule has 0 bridgehead atoms. The molecule has 0 aromatic heterocycles. The number of amides is 1. The van der Waals surface area contributed by atoms with Crippen LogP contribution in [0.5, 0.6) is 5.75 Å². The van der Waals surface area contributed by atoms with E-state index in [4.69, 9.17) is 4.74 Å². The topological polar surface area (TPSA) is 75.6 Å². The molecule has 1 aromatic rings. The third kappa shape index (κ3) is 5.39. The first-order valence-corrected chi connectivity index (χ1v) is 7.62. The number of para-hydroxylation sites is 1. The van der Waals surface area contributed by atoms with Crippen molar-refractivity contribution in [2.24, 2.45) is 0 Å². The number of hydrogen-bond donors (Lipinski definition) is 2. The van der Waals surface area contributed by atoms with E-state index in [1.807, 2.05) is 38.1 Å². The zero-order valence-electron chi connectivity index (χ0n) is 13.5. The van der Waals surface area contributed by atoms with Crippen molar-refractivity contribution in [1.82, 2.24) is 5.32 Å². The maximum Gasteiger partial charge on any atom is 0.329 e. The molecule has 2 N–H and O–H groups in total. The molecular formula is C17H25NO4. The van der Waals surface area contributed by atoms with Gasteiger partial charge in [-0.15, -0.1) is 0 Å². The number of carbonyl (C=O) groups is 2. The third-order valence-corrected chi connectivity index (χ3v) is 3.54. The van der Waals surface area contributed by atoms with Crippen LogP contribution in [0.1, 0.15) is 45.1 Å². The van der Waals surface area contributed by atoms with Crippen molar-refractivity contribution in [1.29, 1.82) is 0 Å². The average Bonchev–Trinajstić information content (AvgIpc) is 2.45. The summed E-state index contributed by atoms with van der Waals surface area (Å²) in [6.45, 7) is 5.82. The molecule has 0 saturated carbocycles. The molecule has 0 radical (unpaired) electrons. The van der Waals surface area contributed by atoms with Crippen LogP contribution < -0.4 is 10.1 Å². The molecule has 5 nitrogen and oxygen atoms in total. The number of aliphatic carboxylic acids is 1. The van der Waals surface area contributed by atoms with Crippen molar-refractivity contribution in [2.75, 3.05) is 6.61 Å². The Morgan fingerprint density at radius 2 is 2.00 bits per heavy atom. The number of carbonyl (C=O) groups excluding carboxylic acids is 1. The van der Waals surface area contributed by atoms with Crippen molar-refractivity contribution in [3.8, 4) is 5.75 Å². The second-order valence-electron chi connectivity index (χ2n) is 5.65. The fourth-order valence-corrected chi connectivity index (χ4v) is 2.23. The lowest BCUT2D eigenvalue weighted by Gasteiger charge is -2.25. The predicted molar refractivity (Wildman–Crippen MR) is 85.0 cm³/mol. The van der Waals surface area contributed by atoms with Crippen molar-refractivity contribution in [3.05, 3.63) is 29.8 Å². The number of aryl methyl sites for hydroxylation is 1. The molecular weight excluding hydrogens is 282 g/mol. The molecule has 0 spiro atoms. The monoisotopic (exact) mass is 307 g/mol. The molecule has 1 unspecified atom stereocenters. The van der Waals surface area contributed by atoms with Crippen LogP contribution in [0.2, 0.25) is 0 Å². The van der Waals surface area contributed by atoms with Crippen LogP contribution >= 0.6 is 0 Å². The maximum atomic E-state index is 11.9. The van der Waals surface area contributed by atoms with Gasteiger partial charge in [0, 0.05) is 6.42 Å². The van der Waals surface area contributed by atoms with Crippen molar-refractivity contribution < 1.29 is 19.4 Å². The lowest BCUT2D eigenvalue weighted by atomic mass is 9.96. The number of ether oxygens (including phenoxy) is 1. The third-order valence-electron chi connectivity index (χ3n) is 3.54. The van der Waals surface area contributed by atoms with Crippen LogP contribution in [0.3, 0.4) is 0 Å². The lowest BCUT2D eigenvalue weighted by Crippen LogP contribution is -2.52. The normalized spacial score (nSPS) is 13.2. The van der Waals surface area contributed by atoms with E-state index in [-0.39, 0.29) is 12.3 Å². The van der Waals surface area contributed by atoms with E-state index in [0.29, 0.717) is 25.9 Å². The standard InChI is InChI=1S/C17H25NO4/c1-4-11-17(3,16(20)21)18-15(19)10-7-12-22-14-9-6-5-8-13(14)2/h5-6,8-9H,4,7,10-12H2,1-3H3,(H,18,19)(H,20,21). The van der Waals surface area contributed by atoms with Gasteiger partial charge in [0.1, 0.15) is 11.3 Å². The highest BCUT2D eigenvalue weighted by molar-refractivity contribution is 5.86. The molecule has 0 heterocycles. The zero-order valence-corrected chi connectivity index (χ0v) is 13.5. The van der Waals surface area contributed by atoms with Gasteiger partial charge in [0.25, 0.3) is 0 Å². The molecule has 5 heteroatoms. The minimum Gasteiger partial charge on any atom is -0.493 e. The molecule has 1 atom stereocenters. The Morgan fingerprint density at radius 1 is 1.32 bits per heavy atom. The van der Waals surface area contributed by atoms with Gasteiger partial charge in [-0.2, -0.15) is 0 Å². The Balaban J connectivity index is 2.37. The van der Waals surface area contributed by atoms with E-state index in [1.165, 1.54) is 0 Å². The number of hydrogen-bond acceptors (Lipinski definition) is 3. The van der Waals surface area contributed by atoms with Gasteiger partial charge in [0.05, 0.1) is 6.61 Å². The highest BCUT2D eigenvalue weighted by Crippen LogP contribution is 2.17. The summed E-state index contributed by atoms with van der Waals surface area (Å²) < 4.78 is 5.62. The van der Waals surface area contributed by atoms with E-state index in [9.17, 15) is 14.7 Å². The van der Waals surface area contributed by atoms with Gasteiger partial charge in [-0.05, 0) is 38.3 Å². The molecule has 1 amide bonds. The van der Waals surface area contributed by atoms with E-state index >= 15 is 0 Å². The molecule has 22 heavy (non-hydrogen) atoms. The predicted octanol–water partition coefficient (Wildman–Crippen LogP) is 2.91. The summed E-state index contributed by atoms with van der Waals surface area (Å²) in [7, 11) is 0. The van der Waals surface area contributed by atoms with Gasteiger partial charge in [-0.3, -0.25) is 4.79 Å². The average molecular weight is 307 g/mol. The van der Waals surface area contributed by atoms with E-state index in [1.54, 1.807) is 6.92 Å². The lowest BCUT2D eigenvalue weighted by molar-refractivity contribution is -0.147. The number of carboxylic acid groups (broad SMARTS) is 1. The number of rotatable bonds is 9. The van der Waals surface area contributed by atoms with E-state index < -0.39 is 11.5 Å². The van der Waals surface area contributed by atoms with Gasteiger partial charge in [-0.25, -0.2) is 4.79 Å². The molecule has 122 valence electrons. The summed E-state index contributed by atoms with van der Waals surface area (Å²) in [6.07, 6.45) is 1.90. The first-order valence-electron chi connectivity index (χ1n) is 7.62. The second kappa shape index (κ2) is 8.41. The van der Waals surface area contributed by atoms with Crippen LogP contribution in [0, 0.1) is 6.92 Å². The highest BCUT2D eigenvalue weighted by Gasteiger charge is 2.33. The van der Waals surface area contributed by atoms with Gasteiger partial charge in [-0.1, -0.05) is 31.5 Å². The summed E-state index contributed by atoms with van der Waals surface area (Å²) in [5.74, 6) is -0.449. The van der Waals surface area contributed by atoms with Crippen molar-refractivity contribution >= 4 is 11.9 Å². The largest absolute Gasteiger partial charge is 0.493 e. The molecule has 0 saturated heterocycles. The summed E-state index contributed by atoms with van der Waals surface area (Å²) >= 11 is 0. The first-order chi connectivity index (χ1) is 10.4. The summed E-state index contributed by atoms with van der Waals surface area (Å²) in [5, 5.41) is 11.8. The minimum absolute atomic E-state index is 0.248. The van der Waals surface area contributed by atoms with Gasteiger partial charge in [0.2, 0.25) is 5.91 Å². The highest BCUT2D eigenvalue weighted by atomic mass is 16.5. The van der Waals surface area contributed by atoms with Crippen LogP contribution in [0.25, 0.3) is 0 Å². The quantitative estimate of drug-likeness (QED) is 0.688. The first kappa shape index (κ1) is 18.0. The van der Waals surface area contributed by atoms with Gasteiger partial charge >= 0.3 is 5.97 Å². The summed E-state index contributed by atoms with van der Waals surface area (Å²) in [4.78, 5) is 23.1. The van der Waals surface area contributed by atoms with Crippen molar-refractivity contribution in [3.63, 3.8) is 0 Å². The molecule has 0 aliphatic rings. The molecule has 0 fully saturated rings. The van der Waals surface area contributed by atoms with Gasteiger partial charge in [0.15, 0.2) is 0 Å². The molecule has 1 aromatic carbocycles. The molecule has 1 rings (SSSR count). The Morgan fingerprint density at radius 3 is 2.59 bits per heavy atom. The van der Waals surface area contributed by atoms with Crippen LogP contribution in [0.4, 0.5) is 0 Å². The van der Waals surface area contributed by atoms with Crippen LogP contribution in [-0.2, 0) is 9.59 Å². The number of nitrogens with one attached hydrogen (secondary N) is 1. The fraction of sp³-hybridized carbons (Fsp3) is 0.529.